The highest BCUT2D eigenvalue weighted by Crippen LogP contribution is 2.24. The first-order chi connectivity index (χ1) is 11.0. The molecule has 0 spiro atoms. The highest BCUT2D eigenvalue weighted by molar-refractivity contribution is 8.01. The molecule has 0 fully saturated rings. The Hall–Kier alpha value is -2.54. The molecule has 0 aliphatic carbocycles. The Labute approximate surface area is 140 Å². The van der Waals surface area contributed by atoms with Crippen molar-refractivity contribution in [2.75, 3.05) is 0 Å². The number of hydrogen-bond donors (Lipinski definition) is 2. The van der Waals surface area contributed by atoms with Gasteiger partial charge in [0.1, 0.15) is 0 Å². The van der Waals surface area contributed by atoms with Crippen LogP contribution in [0.15, 0.2) is 47.3 Å². The lowest BCUT2D eigenvalue weighted by atomic mass is 10.3. The highest BCUT2D eigenvalue weighted by atomic mass is 32.2. The van der Waals surface area contributed by atoms with Crippen LogP contribution < -0.4 is 5.32 Å². The molecule has 0 saturated heterocycles. The van der Waals surface area contributed by atoms with E-state index in [4.69, 9.17) is 0 Å². The number of aromatic amines is 1. The molecule has 7 heteroatoms. The zero-order chi connectivity index (χ0) is 16.8. The summed E-state index contributed by atoms with van der Waals surface area (Å²) in [7, 11) is 0. The van der Waals surface area contributed by atoms with Gasteiger partial charge in [0.2, 0.25) is 0 Å². The van der Waals surface area contributed by atoms with Gasteiger partial charge < -0.3 is 5.32 Å². The zero-order valence-corrected chi connectivity index (χ0v) is 14.3. The molecule has 0 radical (unpaired) electrons. The molecular weight excluding hydrogens is 308 g/mol. The molecule has 0 saturated carbocycles. The van der Waals surface area contributed by atoms with Gasteiger partial charge in [-0.1, -0.05) is 19.2 Å². The summed E-state index contributed by atoms with van der Waals surface area (Å²) in [6, 6.07) is 0. The summed E-state index contributed by atoms with van der Waals surface area (Å²) in [5.41, 5.74) is 3.50. The van der Waals surface area contributed by atoms with Crippen molar-refractivity contribution < 1.29 is 0 Å². The van der Waals surface area contributed by atoms with Crippen molar-refractivity contribution in [3.8, 4) is 11.3 Å². The lowest BCUT2D eigenvalue weighted by Gasteiger charge is -2.11. The summed E-state index contributed by atoms with van der Waals surface area (Å²) in [6.45, 7) is 13.8. The molecular formula is C16H20N6S. The van der Waals surface area contributed by atoms with Gasteiger partial charge in [-0.25, -0.2) is 9.38 Å². The van der Waals surface area contributed by atoms with E-state index < -0.39 is 0 Å². The zero-order valence-electron chi connectivity index (χ0n) is 13.5. The molecule has 23 heavy (non-hydrogen) atoms. The summed E-state index contributed by atoms with van der Waals surface area (Å²) in [6.07, 6.45) is 9.24. The quantitative estimate of drug-likeness (QED) is 0.597. The molecule has 0 amide bonds. The van der Waals surface area contributed by atoms with Gasteiger partial charge in [0.15, 0.2) is 5.82 Å². The molecule has 0 aliphatic heterocycles. The SMILES string of the molecule is C=C(NC(=C)c1ncc(-c2cn[nH]c2)n1/C=C\C)SN=C(C)C. The largest absolute Gasteiger partial charge is 0.347 e. The average molecular weight is 328 g/mol. The van der Waals surface area contributed by atoms with E-state index in [2.05, 4.69) is 38.1 Å². The smallest absolute Gasteiger partial charge is 0.160 e. The molecule has 2 heterocycles. The van der Waals surface area contributed by atoms with Crippen molar-refractivity contribution in [2.24, 2.45) is 4.40 Å². The molecule has 0 aliphatic rings. The molecule has 0 aromatic carbocycles. The molecule has 120 valence electrons. The number of nitrogens with one attached hydrogen (secondary N) is 2. The van der Waals surface area contributed by atoms with Crippen molar-refractivity contribution in [1.29, 1.82) is 0 Å². The fraction of sp³-hybridized carbons (Fsp3) is 0.188. The van der Waals surface area contributed by atoms with E-state index in [1.165, 1.54) is 11.9 Å². The summed E-state index contributed by atoms with van der Waals surface area (Å²) < 4.78 is 6.20. The molecule has 0 atom stereocenters. The van der Waals surface area contributed by atoms with Crippen molar-refractivity contribution in [2.45, 2.75) is 20.8 Å². The summed E-state index contributed by atoms with van der Waals surface area (Å²) in [5.74, 6) is 0.707. The van der Waals surface area contributed by atoms with Crippen molar-refractivity contribution in [3.63, 3.8) is 0 Å². The van der Waals surface area contributed by atoms with E-state index in [1.54, 1.807) is 12.4 Å². The normalized spacial score (nSPS) is 10.7. The molecule has 0 unspecified atom stereocenters. The monoisotopic (exact) mass is 328 g/mol. The van der Waals surface area contributed by atoms with Gasteiger partial charge in [-0.15, -0.1) is 0 Å². The minimum Gasteiger partial charge on any atom is -0.347 e. The molecule has 2 N–H and O–H groups in total. The summed E-state index contributed by atoms with van der Waals surface area (Å²) in [4.78, 5) is 4.46. The fourth-order valence-corrected chi connectivity index (χ4v) is 2.34. The highest BCUT2D eigenvalue weighted by Gasteiger charge is 2.13. The number of rotatable bonds is 7. The molecule has 0 bridgehead atoms. The van der Waals surface area contributed by atoms with Crippen LogP contribution in [0.4, 0.5) is 0 Å². The van der Waals surface area contributed by atoms with E-state index >= 15 is 0 Å². The van der Waals surface area contributed by atoms with Gasteiger partial charge >= 0.3 is 0 Å². The van der Waals surface area contributed by atoms with E-state index in [-0.39, 0.29) is 0 Å². The van der Waals surface area contributed by atoms with Gasteiger partial charge in [-0.2, -0.15) is 5.10 Å². The number of nitrogens with zero attached hydrogens (tertiary/aromatic N) is 4. The van der Waals surface area contributed by atoms with Crippen LogP contribution >= 0.6 is 11.9 Å². The Morgan fingerprint density at radius 3 is 2.78 bits per heavy atom. The first-order valence-corrected chi connectivity index (χ1v) is 7.83. The number of allylic oxidation sites excluding steroid dienone is 1. The van der Waals surface area contributed by atoms with Gasteiger partial charge in [-0.3, -0.25) is 9.67 Å². The molecule has 2 rings (SSSR count). The van der Waals surface area contributed by atoms with Gasteiger partial charge in [0.05, 0.1) is 28.8 Å². The maximum atomic E-state index is 4.46. The molecule has 2 aromatic heterocycles. The van der Waals surface area contributed by atoms with Gasteiger partial charge in [0, 0.05) is 35.6 Å². The van der Waals surface area contributed by atoms with Crippen LogP contribution in [0.5, 0.6) is 0 Å². The van der Waals surface area contributed by atoms with E-state index in [9.17, 15) is 0 Å². The van der Waals surface area contributed by atoms with Crippen LogP contribution in [0.1, 0.15) is 26.6 Å². The second-order valence-corrected chi connectivity index (χ2v) is 5.82. The molecule has 2 aromatic rings. The van der Waals surface area contributed by atoms with Crippen molar-refractivity contribution in [1.82, 2.24) is 25.1 Å². The van der Waals surface area contributed by atoms with Crippen LogP contribution in [0.2, 0.25) is 0 Å². The maximum Gasteiger partial charge on any atom is 0.160 e. The third-order valence-electron chi connectivity index (χ3n) is 2.79. The number of aromatic nitrogens is 4. The van der Waals surface area contributed by atoms with Gasteiger partial charge in [-0.05, 0) is 20.8 Å². The van der Waals surface area contributed by atoms with Crippen molar-refractivity contribution in [3.05, 3.63) is 48.7 Å². The van der Waals surface area contributed by atoms with E-state index in [1.807, 2.05) is 43.8 Å². The van der Waals surface area contributed by atoms with Crippen LogP contribution in [0.25, 0.3) is 23.2 Å². The Kier molecular flexibility index (Phi) is 5.59. The number of hydrogen-bond acceptors (Lipinski definition) is 5. The maximum absolute atomic E-state index is 4.46. The Bertz CT molecular complexity index is 748. The van der Waals surface area contributed by atoms with Crippen molar-refractivity contribution >= 4 is 29.6 Å². The Morgan fingerprint density at radius 1 is 1.39 bits per heavy atom. The fourth-order valence-electron chi connectivity index (χ4n) is 1.88. The standard InChI is InChI=1S/C16H20N6S/c1-6-7-22-15(14-8-18-19-9-14)10-17-16(22)12(4)20-13(5)23-21-11(2)3/h6-10,20H,4-5H2,1-3H3,(H,18,19)/b7-6-. The van der Waals surface area contributed by atoms with Crippen LogP contribution in [-0.4, -0.2) is 25.5 Å². The van der Waals surface area contributed by atoms with Gasteiger partial charge in [0.25, 0.3) is 0 Å². The Balaban J connectivity index is 2.24. The van der Waals surface area contributed by atoms with Crippen LogP contribution in [0, 0.1) is 0 Å². The predicted octanol–water partition coefficient (Wildman–Crippen LogP) is 3.92. The van der Waals surface area contributed by atoms with E-state index in [0.29, 0.717) is 16.6 Å². The lowest BCUT2D eigenvalue weighted by Crippen LogP contribution is -2.11. The topological polar surface area (TPSA) is 70.9 Å². The minimum absolute atomic E-state index is 0.652. The summed E-state index contributed by atoms with van der Waals surface area (Å²) >= 11 is 1.28. The summed E-state index contributed by atoms with van der Waals surface area (Å²) in [5, 5.41) is 10.6. The average Bonchev–Trinajstić information content (AvgIpc) is 3.14. The number of H-pyrrole nitrogens is 1. The predicted molar refractivity (Wildman–Crippen MR) is 98.5 cm³/mol. The third-order valence-corrected chi connectivity index (χ3v) is 3.57. The number of imidazole rings is 1. The second kappa shape index (κ2) is 7.64. The van der Waals surface area contributed by atoms with Crippen LogP contribution in [-0.2, 0) is 0 Å². The van der Waals surface area contributed by atoms with Crippen LogP contribution in [0.3, 0.4) is 0 Å². The van der Waals surface area contributed by atoms with E-state index in [0.717, 1.165) is 17.0 Å². The second-order valence-electron chi connectivity index (χ2n) is 4.96. The minimum atomic E-state index is 0.652. The molecule has 6 nitrogen and oxygen atoms in total. The lowest BCUT2D eigenvalue weighted by molar-refractivity contribution is 1.04. The first-order valence-electron chi connectivity index (χ1n) is 7.05. The Morgan fingerprint density at radius 2 is 2.17 bits per heavy atom. The first kappa shape index (κ1) is 16.8. The third kappa shape index (κ3) is 4.23.